The minimum absolute atomic E-state index is 0.0298. The zero-order valence-electron chi connectivity index (χ0n) is 9.17. The minimum Gasteiger partial charge on any atom is -0.463 e. The quantitative estimate of drug-likeness (QED) is 0.548. The first-order valence-corrected chi connectivity index (χ1v) is 4.91. The normalized spacial score (nSPS) is 12.2. The summed E-state index contributed by atoms with van der Waals surface area (Å²) < 4.78 is 13.3. The van der Waals surface area contributed by atoms with Crippen molar-refractivity contribution in [3.05, 3.63) is 29.3 Å². The van der Waals surface area contributed by atoms with Crippen molar-refractivity contribution >= 4 is 6.09 Å². The molecule has 94 valence electrons. The molecule has 1 aromatic rings. The minimum atomic E-state index is -1.58. The van der Waals surface area contributed by atoms with Crippen LogP contribution < -0.4 is 0 Å². The number of halogens is 1. The fourth-order valence-corrected chi connectivity index (χ4v) is 1.39. The molecule has 1 amide bonds. The van der Waals surface area contributed by atoms with E-state index in [4.69, 9.17) is 10.2 Å². The van der Waals surface area contributed by atoms with E-state index in [-0.39, 0.29) is 29.3 Å². The predicted octanol–water partition coefficient (Wildman–Crippen LogP) is 1.32. The second kappa shape index (κ2) is 5.55. The molecule has 0 aliphatic rings. The lowest BCUT2D eigenvalue weighted by atomic mass is 10.1. The maximum atomic E-state index is 13.3. The van der Waals surface area contributed by atoms with Gasteiger partial charge in [0, 0.05) is 12.8 Å². The van der Waals surface area contributed by atoms with E-state index >= 15 is 0 Å². The second-order valence-corrected chi connectivity index (χ2v) is 3.49. The highest BCUT2D eigenvalue weighted by molar-refractivity contribution is 5.64. The van der Waals surface area contributed by atoms with Gasteiger partial charge in [-0.2, -0.15) is 5.06 Å². The van der Waals surface area contributed by atoms with Gasteiger partial charge >= 0.3 is 6.09 Å². The van der Waals surface area contributed by atoms with E-state index in [1.165, 1.54) is 13.1 Å². The van der Waals surface area contributed by atoms with Gasteiger partial charge in [-0.05, 0) is 25.0 Å². The van der Waals surface area contributed by atoms with Crippen LogP contribution in [0.1, 0.15) is 23.7 Å². The largest absolute Gasteiger partial charge is 0.463 e. The fourth-order valence-electron chi connectivity index (χ4n) is 1.39. The Morgan fingerprint density at radius 2 is 2.29 bits per heavy atom. The Morgan fingerprint density at radius 3 is 2.76 bits per heavy atom. The van der Waals surface area contributed by atoms with Crippen LogP contribution in [-0.2, 0) is 0 Å². The Kier molecular flexibility index (Phi) is 4.36. The van der Waals surface area contributed by atoms with Gasteiger partial charge in [-0.25, -0.2) is 9.18 Å². The van der Waals surface area contributed by atoms with Crippen LogP contribution in [0.15, 0.2) is 12.3 Å². The van der Waals surface area contributed by atoms with Gasteiger partial charge in [0.1, 0.15) is 5.82 Å². The third kappa shape index (κ3) is 3.11. The molecule has 1 unspecified atom stereocenters. The number of aromatic nitrogens is 1. The molecule has 1 aromatic heterocycles. The molecule has 0 fully saturated rings. The van der Waals surface area contributed by atoms with Crippen molar-refractivity contribution in [2.24, 2.45) is 0 Å². The molecular formula is C10H13FN2O4. The van der Waals surface area contributed by atoms with Gasteiger partial charge in [-0.3, -0.25) is 10.2 Å². The second-order valence-electron chi connectivity index (χ2n) is 3.49. The molecule has 7 heteroatoms. The highest BCUT2D eigenvalue weighted by Crippen LogP contribution is 2.23. The van der Waals surface area contributed by atoms with Crippen LogP contribution >= 0.6 is 0 Å². The SMILES string of the molecule is Cc1ncc(C(CCO)N(O)C(=O)O)cc1F. The molecule has 6 nitrogen and oxygen atoms in total. The summed E-state index contributed by atoms with van der Waals surface area (Å²) in [5, 5.41) is 26.8. The van der Waals surface area contributed by atoms with Crippen LogP contribution in [0.4, 0.5) is 9.18 Å². The van der Waals surface area contributed by atoms with E-state index in [0.29, 0.717) is 0 Å². The van der Waals surface area contributed by atoms with Gasteiger partial charge in [0.15, 0.2) is 0 Å². The lowest BCUT2D eigenvalue weighted by Gasteiger charge is -2.23. The maximum absolute atomic E-state index is 13.3. The summed E-state index contributed by atoms with van der Waals surface area (Å²) in [5.74, 6) is -0.593. The van der Waals surface area contributed by atoms with Crippen LogP contribution in [0, 0.1) is 12.7 Å². The van der Waals surface area contributed by atoms with Gasteiger partial charge < -0.3 is 10.2 Å². The van der Waals surface area contributed by atoms with Crippen LogP contribution in [0.2, 0.25) is 0 Å². The summed E-state index contributed by atoms with van der Waals surface area (Å²) in [6.07, 6.45) is -0.359. The van der Waals surface area contributed by atoms with Crippen LogP contribution in [0.25, 0.3) is 0 Å². The van der Waals surface area contributed by atoms with E-state index in [9.17, 15) is 14.4 Å². The maximum Gasteiger partial charge on any atom is 0.431 e. The van der Waals surface area contributed by atoms with Crippen LogP contribution in [0.5, 0.6) is 0 Å². The number of hydrogen-bond donors (Lipinski definition) is 3. The molecule has 0 aliphatic heterocycles. The number of carboxylic acid groups (broad SMARTS) is 1. The van der Waals surface area contributed by atoms with Gasteiger partial charge in [0.05, 0.1) is 11.7 Å². The Morgan fingerprint density at radius 1 is 1.65 bits per heavy atom. The van der Waals surface area contributed by atoms with E-state index in [1.54, 1.807) is 0 Å². The summed E-state index contributed by atoms with van der Waals surface area (Å²) in [7, 11) is 0. The van der Waals surface area contributed by atoms with Gasteiger partial charge in [-0.1, -0.05) is 0 Å². The Balaban J connectivity index is 3.04. The Bertz CT molecular complexity index is 413. The molecule has 0 bridgehead atoms. The average Bonchev–Trinajstić information content (AvgIpc) is 2.29. The molecule has 0 spiro atoms. The van der Waals surface area contributed by atoms with Crippen molar-refractivity contribution in [2.75, 3.05) is 6.61 Å². The molecule has 0 aromatic carbocycles. The molecule has 1 rings (SSSR count). The van der Waals surface area contributed by atoms with Crippen molar-refractivity contribution in [3.8, 4) is 0 Å². The molecule has 0 radical (unpaired) electrons. The lowest BCUT2D eigenvalue weighted by Crippen LogP contribution is -2.31. The Labute approximate surface area is 96.9 Å². The third-order valence-corrected chi connectivity index (χ3v) is 2.32. The van der Waals surface area contributed by atoms with Gasteiger partial charge in [-0.15, -0.1) is 0 Å². The number of pyridine rings is 1. The first-order valence-electron chi connectivity index (χ1n) is 4.91. The number of aryl methyl sites for hydroxylation is 1. The third-order valence-electron chi connectivity index (χ3n) is 2.32. The van der Waals surface area contributed by atoms with Gasteiger partial charge in [0.25, 0.3) is 0 Å². The van der Waals surface area contributed by atoms with E-state index in [2.05, 4.69) is 4.98 Å². The number of carbonyl (C=O) groups is 1. The summed E-state index contributed by atoms with van der Waals surface area (Å²) in [6, 6.07) is 0.0505. The van der Waals surface area contributed by atoms with Crippen molar-refractivity contribution in [3.63, 3.8) is 0 Å². The molecule has 0 saturated carbocycles. The molecular weight excluding hydrogens is 231 g/mol. The summed E-state index contributed by atoms with van der Waals surface area (Å²) >= 11 is 0. The highest BCUT2D eigenvalue weighted by atomic mass is 19.1. The molecule has 1 heterocycles. The van der Waals surface area contributed by atoms with Crippen LogP contribution in [-0.4, -0.2) is 38.2 Å². The molecule has 0 aliphatic carbocycles. The summed E-state index contributed by atoms with van der Waals surface area (Å²) in [5.41, 5.74) is 0.364. The lowest BCUT2D eigenvalue weighted by molar-refractivity contribution is -0.102. The number of hydroxylamine groups is 2. The van der Waals surface area contributed by atoms with Crippen molar-refractivity contribution in [1.82, 2.24) is 10.0 Å². The number of aliphatic hydroxyl groups excluding tert-OH is 1. The van der Waals surface area contributed by atoms with Crippen molar-refractivity contribution in [2.45, 2.75) is 19.4 Å². The predicted molar refractivity (Wildman–Crippen MR) is 55.0 cm³/mol. The fraction of sp³-hybridized carbons (Fsp3) is 0.400. The summed E-state index contributed by atoms with van der Waals surface area (Å²) in [6.45, 7) is 1.12. The summed E-state index contributed by atoms with van der Waals surface area (Å²) in [4.78, 5) is 14.4. The monoisotopic (exact) mass is 244 g/mol. The molecule has 1 atom stereocenters. The van der Waals surface area contributed by atoms with Crippen LogP contribution in [0.3, 0.4) is 0 Å². The number of amides is 1. The zero-order chi connectivity index (χ0) is 13.0. The van der Waals surface area contributed by atoms with E-state index < -0.39 is 18.0 Å². The zero-order valence-corrected chi connectivity index (χ0v) is 9.17. The Hall–Kier alpha value is -1.73. The number of aliphatic hydroxyl groups is 1. The standard InChI is InChI=1S/C10H13FN2O4/c1-6-8(11)4-7(5-12-6)9(2-3-14)13(17)10(15)16/h4-5,9,14,17H,2-3H2,1H3,(H,15,16). The molecule has 0 saturated heterocycles. The van der Waals surface area contributed by atoms with Gasteiger partial charge in [0.2, 0.25) is 0 Å². The van der Waals surface area contributed by atoms with E-state index in [0.717, 1.165) is 6.07 Å². The topological polar surface area (TPSA) is 93.9 Å². The first-order chi connectivity index (χ1) is 7.97. The number of nitrogens with zero attached hydrogens (tertiary/aromatic N) is 2. The van der Waals surface area contributed by atoms with Crippen molar-refractivity contribution < 1.29 is 24.6 Å². The highest BCUT2D eigenvalue weighted by Gasteiger charge is 2.24. The number of hydrogen-bond acceptors (Lipinski definition) is 4. The molecule has 3 N–H and O–H groups in total. The smallest absolute Gasteiger partial charge is 0.431 e. The number of rotatable bonds is 4. The van der Waals surface area contributed by atoms with E-state index in [1.807, 2.05) is 0 Å². The molecule has 17 heavy (non-hydrogen) atoms. The van der Waals surface area contributed by atoms with Crippen molar-refractivity contribution in [1.29, 1.82) is 0 Å². The average molecular weight is 244 g/mol. The first kappa shape index (κ1) is 13.3.